The van der Waals surface area contributed by atoms with E-state index in [1.165, 1.54) is 44.3 Å². The van der Waals surface area contributed by atoms with Gasteiger partial charge in [-0.3, -0.25) is 4.90 Å². The maximum atomic E-state index is 5.83. The van der Waals surface area contributed by atoms with Crippen molar-refractivity contribution in [1.29, 1.82) is 0 Å². The molecule has 3 rings (SSSR count). The van der Waals surface area contributed by atoms with E-state index in [1.807, 2.05) is 12.3 Å². The van der Waals surface area contributed by atoms with Gasteiger partial charge in [0.1, 0.15) is 5.15 Å². The summed E-state index contributed by atoms with van der Waals surface area (Å²) in [6, 6.07) is 4.07. The van der Waals surface area contributed by atoms with Crippen molar-refractivity contribution in [1.82, 2.24) is 9.88 Å². The Morgan fingerprint density at radius 3 is 2.53 bits per heavy atom. The number of pyridine rings is 1. The van der Waals surface area contributed by atoms with Gasteiger partial charge in [-0.1, -0.05) is 17.7 Å². The molecule has 3 heterocycles. The zero-order valence-corrected chi connectivity index (χ0v) is 9.50. The molecule has 2 fully saturated rings. The highest BCUT2D eigenvalue weighted by Crippen LogP contribution is 2.46. The molecule has 80 valence electrons. The van der Waals surface area contributed by atoms with Crippen LogP contribution in [-0.4, -0.2) is 23.0 Å². The van der Waals surface area contributed by atoms with Crippen molar-refractivity contribution in [3.05, 3.63) is 29.0 Å². The summed E-state index contributed by atoms with van der Waals surface area (Å²) < 4.78 is 0. The number of fused-ring (bicyclic) bond motifs is 1. The molecule has 0 atom stereocenters. The number of rotatable bonds is 1. The Bertz CT molecular complexity index is 350. The molecule has 1 aromatic rings. The molecule has 0 radical (unpaired) electrons. The normalized spacial score (nSPS) is 24.3. The third kappa shape index (κ3) is 1.39. The van der Waals surface area contributed by atoms with Crippen LogP contribution in [-0.2, 0) is 5.54 Å². The van der Waals surface area contributed by atoms with Crippen molar-refractivity contribution in [2.45, 2.75) is 31.2 Å². The van der Waals surface area contributed by atoms with Crippen LogP contribution in [0.25, 0.3) is 0 Å². The van der Waals surface area contributed by atoms with Gasteiger partial charge >= 0.3 is 0 Å². The molecule has 1 aromatic heterocycles. The van der Waals surface area contributed by atoms with Crippen molar-refractivity contribution in [3.8, 4) is 0 Å². The van der Waals surface area contributed by atoms with Crippen LogP contribution < -0.4 is 0 Å². The first kappa shape index (κ1) is 9.61. The van der Waals surface area contributed by atoms with Crippen LogP contribution in [0.4, 0.5) is 0 Å². The Hall–Kier alpha value is -0.600. The van der Waals surface area contributed by atoms with Crippen LogP contribution in [0.3, 0.4) is 0 Å². The lowest BCUT2D eigenvalue weighted by Crippen LogP contribution is -2.35. The maximum Gasteiger partial charge on any atom is 0.129 e. The summed E-state index contributed by atoms with van der Waals surface area (Å²) in [7, 11) is 0. The molecule has 15 heavy (non-hydrogen) atoms. The van der Waals surface area contributed by atoms with Gasteiger partial charge in [-0.15, -0.1) is 0 Å². The first-order chi connectivity index (χ1) is 7.31. The number of halogens is 1. The van der Waals surface area contributed by atoms with Crippen LogP contribution in [0.1, 0.15) is 31.2 Å². The van der Waals surface area contributed by atoms with Crippen LogP contribution in [0.15, 0.2) is 18.3 Å². The van der Waals surface area contributed by atoms with Crippen molar-refractivity contribution < 1.29 is 0 Å². The zero-order chi connectivity index (χ0) is 10.3. The molecule has 0 bridgehead atoms. The molecule has 0 amide bonds. The molecular formula is C12H15ClN2. The number of nitrogens with zero attached hydrogens (tertiary/aromatic N) is 2. The Morgan fingerprint density at radius 2 is 1.93 bits per heavy atom. The fourth-order valence-corrected chi connectivity index (χ4v) is 3.34. The minimum absolute atomic E-state index is 0.303. The molecule has 2 aliphatic heterocycles. The lowest BCUT2D eigenvalue weighted by atomic mass is 9.87. The van der Waals surface area contributed by atoms with E-state index in [-0.39, 0.29) is 0 Å². The molecule has 0 unspecified atom stereocenters. The van der Waals surface area contributed by atoms with Gasteiger partial charge < -0.3 is 0 Å². The molecule has 0 spiro atoms. The van der Waals surface area contributed by atoms with Crippen molar-refractivity contribution in [2.24, 2.45) is 0 Å². The highest BCUT2D eigenvalue weighted by molar-refractivity contribution is 6.29. The van der Waals surface area contributed by atoms with E-state index in [2.05, 4.69) is 16.0 Å². The third-order valence-electron chi connectivity index (χ3n) is 3.91. The van der Waals surface area contributed by atoms with E-state index in [1.54, 1.807) is 0 Å². The van der Waals surface area contributed by atoms with Crippen molar-refractivity contribution in [3.63, 3.8) is 0 Å². The largest absolute Gasteiger partial charge is 0.294 e. The Balaban J connectivity index is 2.01. The average molecular weight is 223 g/mol. The summed E-state index contributed by atoms with van der Waals surface area (Å²) in [4.78, 5) is 6.84. The van der Waals surface area contributed by atoms with Crippen molar-refractivity contribution in [2.75, 3.05) is 13.1 Å². The van der Waals surface area contributed by atoms with E-state index >= 15 is 0 Å². The van der Waals surface area contributed by atoms with Gasteiger partial charge in [0.15, 0.2) is 0 Å². The Labute approximate surface area is 95.3 Å². The zero-order valence-electron chi connectivity index (χ0n) is 8.75. The SMILES string of the molecule is Clc1ccc(C23CCCN2CCC3)cn1. The molecule has 0 saturated carbocycles. The van der Waals surface area contributed by atoms with Gasteiger partial charge in [0, 0.05) is 11.7 Å². The quantitative estimate of drug-likeness (QED) is 0.680. The molecule has 0 aliphatic carbocycles. The van der Waals surface area contributed by atoms with Gasteiger partial charge in [-0.2, -0.15) is 0 Å². The number of aromatic nitrogens is 1. The highest BCUT2D eigenvalue weighted by Gasteiger charge is 2.45. The topological polar surface area (TPSA) is 16.1 Å². The van der Waals surface area contributed by atoms with E-state index < -0.39 is 0 Å². The number of hydrogen-bond acceptors (Lipinski definition) is 2. The standard InChI is InChI=1S/C12H15ClN2/c13-11-4-3-10(9-14-11)12-5-1-7-15(12)8-2-6-12/h3-4,9H,1-2,5-8H2. The van der Waals surface area contributed by atoms with Gasteiger partial charge in [0.05, 0.1) is 0 Å². The van der Waals surface area contributed by atoms with Gasteiger partial charge in [0.2, 0.25) is 0 Å². The monoisotopic (exact) mass is 222 g/mol. The summed E-state index contributed by atoms with van der Waals surface area (Å²) in [5.74, 6) is 0. The van der Waals surface area contributed by atoms with Gasteiger partial charge in [-0.25, -0.2) is 4.98 Å². The minimum atomic E-state index is 0.303. The average Bonchev–Trinajstić information content (AvgIpc) is 2.77. The summed E-state index contributed by atoms with van der Waals surface area (Å²) in [5.41, 5.74) is 1.67. The lowest BCUT2D eigenvalue weighted by Gasteiger charge is -2.32. The molecule has 0 N–H and O–H groups in total. The van der Waals surface area contributed by atoms with Gasteiger partial charge in [0.25, 0.3) is 0 Å². The smallest absolute Gasteiger partial charge is 0.129 e. The van der Waals surface area contributed by atoms with Crippen LogP contribution in [0, 0.1) is 0 Å². The molecule has 2 aliphatic rings. The summed E-state index contributed by atoms with van der Waals surface area (Å²) in [5, 5.41) is 0.595. The predicted molar refractivity (Wildman–Crippen MR) is 61.0 cm³/mol. The Kier molecular flexibility index (Phi) is 2.22. The maximum absolute atomic E-state index is 5.83. The Morgan fingerprint density at radius 1 is 1.20 bits per heavy atom. The number of hydrogen-bond donors (Lipinski definition) is 0. The predicted octanol–water partition coefficient (Wildman–Crippen LogP) is 2.82. The molecule has 2 nitrogen and oxygen atoms in total. The van der Waals surface area contributed by atoms with Crippen LogP contribution in [0.5, 0.6) is 0 Å². The second kappa shape index (κ2) is 3.46. The van der Waals surface area contributed by atoms with Crippen LogP contribution in [0.2, 0.25) is 5.15 Å². The van der Waals surface area contributed by atoms with E-state index in [9.17, 15) is 0 Å². The first-order valence-electron chi connectivity index (χ1n) is 5.68. The van der Waals surface area contributed by atoms with E-state index in [4.69, 9.17) is 11.6 Å². The third-order valence-corrected chi connectivity index (χ3v) is 4.13. The highest BCUT2D eigenvalue weighted by atomic mass is 35.5. The fourth-order valence-electron chi connectivity index (χ4n) is 3.23. The summed E-state index contributed by atoms with van der Waals surface area (Å²) in [6.07, 6.45) is 7.18. The molecular weight excluding hydrogens is 208 g/mol. The lowest BCUT2D eigenvalue weighted by molar-refractivity contribution is 0.197. The first-order valence-corrected chi connectivity index (χ1v) is 6.06. The summed E-state index contributed by atoms with van der Waals surface area (Å²) >= 11 is 5.83. The fraction of sp³-hybridized carbons (Fsp3) is 0.583. The summed E-state index contributed by atoms with van der Waals surface area (Å²) in [6.45, 7) is 2.51. The van der Waals surface area contributed by atoms with Gasteiger partial charge in [-0.05, 0) is 50.4 Å². The molecule has 0 aromatic carbocycles. The molecule has 2 saturated heterocycles. The second-order valence-electron chi connectivity index (χ2n) is 4.60. The van der Waals surface area contributed by atoms with Crippen molar-refractivity contribution >= 4 is 11.6 Å². The second-order valence-corrected chi connectivity index (χ2v) is 4.98. The minimum Gasteiger partial charge on any atom is -0.294 e. The van der Waals surface area contributed by atoms with E-state index in [0.29, 0.717) is 10.7 Å². The van der Waals surface area contributed by atoms with E-state index in [0.717, 1.165) is 0 Å². The van der Waals surface area contributed by atoms with Crippen LogP contribution >= 0.6 is 11.6 Å². The molecule has 3 heteroatoms.